The lowest BCUT2D eigenvalue weighted by atomic mass is 10.2. The molecule has 1 aliphatic heterocycles. The largest absolute Gasteiger partial charge is 0.378 e. The van der Waals surface area contributed by atoms with E-state index in [2.05, 4.69) is 20.2 Å². The second-order valence-corrected chi connectivity index (χ2v) is 4.90. The molecule has 2 aromatic rings. The molecule has 1 fully saturated rings. The Morgan fingerprint density at radius 1 is 1.18 bits per heavy atom. The van der Waals surface area contributed by atoms with E-state index in [1.807, 2.05) is 24.3 Å². The molecular weight excluding hydrogens is 282 g/mol. The molecule has 0 atom stereocenters. The maximum atomic E-state index is 11.1. The van der Waals surface area contributed by atoms with Crippen LogP contribution in [-0.4, -0.2) is 42.2 Å². The standard InChI is InChI=1S/C15H17N5O2/c16-14(21)13-5-6-17-15(19-13)18-11-1-3-12(4-2-11)20-7-9-22-10-8-20/h1-6H,7-10H2,(H2,16,21)(H,17,18,19). The van der Waals surface area contributed by atoms with Gasteiger partial charge in [-0.25, -0.2) is 9.97 Å². The van der Waals surface area contributed by atoms with E-state index < -0.39 is 5.91 Å². The van der Waals surface area contributed by atoms with Crippen molar-refractivity contribution >= 4 is 23.2 Å². The van der Waals surface area contributed by atoms with E-state index in [4.69, 9.17) is 10.5 Å². The van der Waals surface area contributed by atoms with Crippen molar-refractivity contribution in [2.24, 2.45) is 5.73 Å². The Morgan fingerprint density at radius 2 is 1.91 bits per heavy atom. The summed E-state index contributed by atoms with van der Waals surface area (Å²) in [4.78, 5) is 21.5. The van der Waals surface area contributed by atoms with Crippen LogP contribution in [0.3, 0.4) is 0 Å². The van der Waals surface area contributed by atoms with Crippen LogP contribution in [-0.2, 0) is 4.74 Å². The van der Waals surface area contributed by atoms with E-state index in [-0.39, 0.29) is 5.69 Å². The highest BCUT2D eigenvalue weighted by molar-refractivity contribution is 5.90. The van der Waals surface area contributed by atoms with E-state index in [0.29, 0.717) is 5.95 Å². The zero-order valence-electron chi connectivity index (χ0n) is 12.0. The molecule has 3 rings (SSSR count). The Balaban J connectivity index is 1.70. The van der Waals surface area contributed by atoms with Crippen molar-refractivity contribution in [2.45, 2.75) is 0 Å². The molecule has 1 aromatic heterocycles. The third-order valence-electron chi connectivity index (χ3n) is 3.41. The molecule has 1 saturated heterocycles. The van der Waals surface area contributed by atoms with Crippen molar-refractivity contribution in [3.63, 3.8) is 0 Å². The lowest BCUT2D eigenvalue weighted by Gasteiger charge is -2.28. The quantitative estimate of drug-likeness (QED) is 0.880. The summed E-state index contributed by atoms with van der Waals surface area (Å²) in [7, 11) is 0. The Labute approximate surface area is 128 Å². The van der Waals surface area contributed by atoms with Crippen molar-refractivity contribution < 1.29 is 9.53 Å². The zero-order valence-corrected chi connectivity index (χ0v) is 12.0. The van der Waals surface area contributed by atoms with Crippen molar-refractivity contribution in [2.75, 3.05) is 36.5 Å². The van der Waals surface area contributed by atoms with Gasteiger partial charge in [-0.2, -0.15) is 0 Å². The molecule has 7 heteroatoms. The number of primary amides is 1. The van der Waals surface area contributed by atoms with Crippen LogP contribution in [0, 0.1) is 0 Å². The lowest BCUT2D eigenvalue weighted by molar-refractivity contribution is 0.0995. The molecule has 1 amide bonds. The topological polar surface area (TPSA) is 93.4 Å². The first-order valence-corrected chi connectivity index (χ1v) is 7.05. The van der Waals surface area contributed by atoms with Gasteiger partial charge in [0.25, 0.3) is 5.91 Å². The van der Waals surface area contributed by atoms with Gasteiger partial charge in [-0.15, -0.1) is 0 Å². The summed E-state index contributed by atoms with van der Waals surface area (Å²) in [6.07, 6.45) is 1.50. The Kier molecular flexibility index (Phi) is 4.15. The van der Waals surface area contributed by atoms with Gasteiger partial charge >= 0.3 is 0 Å². The number of hydrogen-bond acceptors (Lipinski definition) is 6. The summed E-state index contributed by atoms with van der Waals surface area (Å²) in [5.74, 6) is -0.233. The van der Waals surface area contributed by atoms with Crippen molar-refractivity contribution in [3.8, 4) is 0 Å². The normalized spacial score (nSPS) is 14.6. The van der Waals surface area contributed by atoms with Gasteiger partial charge in [0.1, 0.15) is 5.69 Å². The van der Waals surface area contributed by atoms with Crippen LogP contribution in [0.5, 0.6) is 0 Å². The zero-order chi connectivity index (χ0) is 15.4. The first kappa shape index (κ1) is 14.3. The summed E-state index contributed by atoms with van der Waals surface area (Å²) < 4.78 is 5.35. The van der Waals surface area contributed by atoms with Crippen molar-refractivity contribution in [3.05, 3.63) is 42.2 Å². The molecule has 1 aliphatic rings. The second kappa shape index (κ2) is 6.40. The smallest absolute Gasteiger partial charge is 0.267 e. The van der Waals surface area contributed by atoms with Gasteiger partial charge in [-0.05, 0) is 30.3 Å². The maximum absolute atomic E-state index is 11.1. The van der Waals surface area contributed by atoms with Crippen LogP contribution < -0.4 is 16.0 Å². The van der Waals surface area contributed by atoms with Crippen LogP contribution in [0.15, 0.2) is 36.5 Å². The molecule has 2 heterocycles. The van der Waals surface area contributed by atoms with Crippen LogP contribution in [0.4, 0.5) is 17.3 Å². The first-order chi connectivity index (χ1) is 10.7. The Bertz CT molecular complexity index is 653. The van der Waals surface area contributed by atoms with E-state index >= 15 is 0 Å². The van der Waals surface area contributed by atoms with Gasteiger partial charge in [-0.3, -0.25) is 4.79 Å². The Hall–Kier alpha value is -2.67. The number of morpholine rings is 1. The minimum absolute atomic E-state index is 0.183. The molecule has 0 radical (unpaired) electrons. The molecule has 114 valence electrons. The van der Waals surface area contributed by atoms with Gasteiger partial charge < -0.3 is 20.7 Å². The highest BCUT2D eigenvalue weighted by Crippen LogP contribution is 2.20. The number of nitrogens with zero attached hydrogens (tertiary/aromatic N) is 3. The van der Waals surface area contributed by atoms with Crippen LogP contribution in [0.1, 0.15) is 10.5 Å². The molecule has 0 saturated carbocycles. The molecule has 0 aliphatic carbocycles. The average Bonchev–Trinajstić information content (AvgIpc) is 2.56. The highest BCUT2D eigenvalue weighted by Gasteiger charge is 2.11. The molecule has 0 bridgehead atoms. The molecule has 3 N–H and O–H groups in total. The molecule has 1 aromatic carbocycles. The van der Waals surface area contributed by atoms with Gasteiger partial charge in [0.05, 0.1) is 13.2 Å². The monoisotopic (exact) mass is 299 g/mol. The lowest BCUT2D eigenvalue weighted by Crippen LogP contribution is -2.36. The van der Waals surface area contributed by atoms with Gasteiger partial charge in [0.2, 0.25) is 5.95 Å². The SMILES string of the molecule is NC(=O)c1ccnc(Nc2ccc(N3CCOCC3)cc2)n1. The summed E-state index contributed by atoms with van der Waals surface area (Å²) >= 11 is 0. The fourth-order valence-electron chi connectivity index (χ4n) is 2.26. The number of carbonyl (C=O) groups is 1. The number of nitrogens with one attached hydrogen (secondary N) is 1. The summed E-state index contributed by atoms with van der Waals surface area (Å²) in [5, 5.41) is 3.06. The highest BCUT2D eigenvalue weighted by atomic mass is 16.5. The molecule has 0 unspecified atom stereocenters. The minimum Gasteiger partial charge on any atom is -0.378 e. The number of amides is 1. The van der Waals surface area contributed by atoms with Gasteiger partial charge in [0.15, 0.2) is 0 Å². The third kappa shape index (κ3) is 3.32. The number of anilines is 3. The number of rotatable bonds is 4. The molecule has 0 spiro atoms. The molecule has 7 nitrogen and oxygen atoms in total. The fraction of sp³-hybridized carbons (Fsp3) is 0.267. The van der Waals surface area contributed by atoms with Crippen molar-refractivity contribution in [1.82, 2.24) is 9.97 Å². The number of aromatic nitrogens is 2. The summed E-state index contributed by atoms with van der Waals surface area (Å²) in [6.45, 7) is 3.31. The van der Waals surface area contributed by atoms with E-state index in [1.54, 1.807) is 0 Å². The van der Waals surface area contributed by atoms with Crippen LogP contribution in [0.2, 0.25) is 0 Å². The number of benzene rings is 1. The van der Waals surface area contributed by atoms with Gasteiger partial charge in [-0.1, -0.05) is 0 Å². The van der Waals surface area contributed by atoms with Gasteiger partial charge in [0, 0.05) is 30.7 Å². The number of carbonyl (C=O) groups excluding carboxylic acids is 1. The predicted octanol–water partition coefficient (Wildman–Crippen LogP) is 1.16. The third-order valence-corrected chi connectivity index (χ3v) is 3.41. The number of ether oxygens (including phenoxy) is 1. The van der Waals surface area contributed by atoms with E-state index in [9.17, 15) is 4.79 Å². The maximum Gasteiger partial charge on any atom is 0.267 e. The van der Waals surface area contributed by atoms with E-state index in [1.165, 1.54) is 12.3 Å². The minimum atomic E-state index is -0.576. The average molecular weight is 299 g/mol. The second-order valence-electron chi connectivity index (χ2n) is 4.90. The van der Waals surface area contributed by atoms with Crippen molar-refractivity contribution in [1.29, 1.82) is 0 Å². The molecule has 22 heavy (non-hydrogen) atoms. The van der Waals surface area contributed by atoms with Crippen LogP contribution in [0.25, 0.3) is 0 Å². The first-order valence-electron chi connectivity index (χ1n) is 7.05. The van der Waals surface area contributed by atoms with Crippen LogP contribution >= 0.6 is 0 Å². The molecular formula is C15H17N5O2. The Morgan fingerprint density at radius 3 is 2.59 bits per heavy atom. The fourth-order valence-corrected chi connectivity index (χ4v) is 2.26. The summed E-state index contributed by atoms with van der Waals surface area (Å²) in [6, 6.07) is 9.45. The number of hydrogen-bond donors (Lipinski definition) is 2. The number of nitrogens with two attached hydrogens (primary N) is 1. The predicted molar refractivity (Wildman–Crippen MR) is 83.3 cm³/mol. The van der Waals surface area contributed by atoms with E-state index in [0.717, 1.165) is 37.7 Å². The summed E-state index contributed by atoms with van der Waals surface area (Å²) in [5.41, 5.74) is 7.39.